The van der Waals surface area contributed by atoms with E-state index in [9.17, 15) is 4.79 Å². The van der Waals surface area contributed by atoms with Crippen LogP contribution in [0.25, 0.3) is 10.1 Å². The average Bonchev–Trinajstić information content (AvgIpc) is 2.79. The van der Waals surface area contributed by atoms with Crippen molar-refractivity contribution >= 4 is 79.4 Å². The van der Waals surface area contributed by atoms with Gasteiger partial charge in [-0.1, -0.05) is 58.5 Å². The summed E-state index contributed by atoms with van der Waals surface area (Å²) < 4.78 is 0.841. The van der Waals surface area contributed by atoms with Crippen molar-refractivity contribution in [3.8, 4) is 0 Å². The van der Waals surface area contributed by atoms with Crippen LogP contribution in [0.5, 0.6) is 0 Å². The van der Waals surface area contributed by atoms with Gasteiger partial charge in [-0.25, -0.2) is 0 Å². The predicted molar refractivity (Wildman–Crippen MR) is 96.3 cm³/mol. The van der Waals surface area contributed by atoms with Gasteiger partial charge in [0, 0.05) is 15.1 Å². The lowest BCUT2D eigenvalue weighted by Crippen LogP contribution is -2.11. The number of hydrogen-bond acceptors (Lipinski definition) is 2. The Morgan fingerprint density at radius 3 is 2.36 bits per heavy atom. The van der Waals surface area contributed by atoms with E-state index in [1.165, 1.54) is 11.3 Å². The molecule has 112 valence electrons. The molecule has 7 heteroatoms. The summed E-state index contributed by atoms with van der Waals surface area (Å²) in [5.74, 6) is -0.364. The minimum atomic E-state index is -0.364. The highest BCUT2D eigenvalue weighted by molar-refractivity contribution is 7.21. The summed E-state index contributed by atoms with van der Waals surface area (Å²) in [7, 11) is 0. The standard InChI is InChI=1S/C15H7Cl4NOS/c16-7-4-5-8-11(6-7)22-14(12(8)19)15(21)20-13-9(17)2-1-3-10(13)18/h1-6H,(H,20,21). The van der Waals surface area contributed by atoms with Crippen LogP contribution in [0.15, 0.2) is 36.4 Å². The van der Waals surface area contributed by atoms with Gasteiger partial charge in [0.1, 0.15) is 4.88 Å². The summed E-state index contributed by atoms with van der Waals surface area (Å²) in [6.45, 7) is 0. The Bertz CT molecular complexity index is 870. The Labute approximate surface area is 150 Å². The molecule has 2 nitrogen and oxygen atoms in total. The van der Waals surface area contributed by atoms with E-state index in [1.807, 2.05) is 0 Å². The maximum atomic E-state index is 12.5. The Morgan fingerprint density at radius 2 is 1.68 bits per heavy atom. The van der Waals surface area contributed by atoms with Gasteiger partial charge in [-0.15, -0.1) is 11.3 Å². The number of benzene rings is 2. The Morgan fingerprint density at radius 1 is 1.00 bits per heavy atom. The Balaban J connectivity index is 2.01. The molecule has 0 fully saturated rings. The molecule has 22 heavy (non-hydrogen) atoms. The first-order valence-electron chi connectivity index (χ1n) is 6.10. The summed E-state index contributed by atoms with van der Waals surface area (Å²) in [6, 6.07) is 10.3. The second-order valence-electron chi connectivity index (χ2n) is 4.44. The van der Waals surface area contributed by atoms with E-state index in [0.29, 0.717) is 30.7 Å². The number of carbonyl (C=O) groups excluding carboxylic acids is 1. The van der Waals surface area contributed by atoms with Crippen LogP contribution < -0.4 is 5.32 Å². The molecule has 0 unspecified atom stereocenters. The molecule has 0 aliphatic heterocycles. The van der Waals surface area contributed by atoms with Gasteiger partial charge >= 0.3 is 0 Å². The summed E-state index contributed by atoms with van der Waals surface area (Å²) in [5, 5.41) is 5.19. The smallest absolute Gasteiger partial charge is 0.267 e. The van der Waals surface area contributed by atoms with E-state index >= 15 is 0 Å². The predicted octanol–water partition coefficient (Wildman–Crippen LogP) is 6.77. The van der Waals surface area contributed by atoms with Crippen LogP contribution >= 0.6 is 57.7 Å². The molecule has 1 N–H and O–H groups in total. The first-order chi connectivity index (χ1) is 10.5. The zero-order valence-corrected chi connectivity index (χ0v) is 14.6. The fourth-order valence-corrected chi connectivity index (χ4v) is 4.15. The number of halogens is 4. The lowest BCUT2D eigenvalue weighted by molar-refractivity contribution is 0.103. The van der Waals surface area contributed by atoms with Gasteiger partial charge in [0.15, 0.2) is 0 Å². The number of amides is 1. The third-order valence-electron chi connectivity index (χ3n) is 3.00. The van der Waals surface area contributed by atoms with E-state index in [0.717, 1.165) is 10.1 Å². The third kappa shape index (κ3) is 2.92. The highest BCUT2D eigenvalue weighted by atomic mass is 35.5. The van der Waals surface area contributed by atoms with Crippen LogP contribution in [0.3, 0.4) is 0 Å². The Kier molecular flexibility index (Phi) is 4.53. The van der Waals surface area contributed by atoms with Gasteiger partial charge in [-0.3, -0.25) is 4.79 Å². The molecule has 0 saturated heterocycles. The fraction of sp³-hybridized carbons (Fsp3) is 0. The molecular weight excluding hydrogens is 384 g/mol. The lowest BCUT2D eigenvalue weighted by atomic mass is 10.2. The second-order valence-corrected chi connectivity index (χ2v) is 7.12. The number of para-hydroxylation sites is 1. The molecular formula is C15H7Cl4NOS. The number of anilines is 1. The number of fused-ring (bicyclic) bond motifs is 1. The van der Waals surface area contributed by atoms with Gasteiger partial charge in [0.25, 0.3) is 5.91 Å². The number of thiophene rings is 1. The number of nitrogens with one attached hydrogen (secondary N) is 1. The summed E-state index contributed by atoms with van der Waals surface area (Å²) in [4.78, 5) is 12.8. The quantitative estimate of drug-likeness (QED) is 0.514. The van der Waals surface area contributed by atoms with E-state index in [2.05, 4.69) is 5.32 Å². The average molecular weight is 391 g/mol. The number of hydrogen-bond donors (Lipinski definition) is 1. The molecule has 3 rings (SSSR count). The Hall–Kier alpha value is -0.970. The third-order valence-corrected chi connectivity index (χ3v) is 5.52. The second kappa shape index (κ2) is 6.26. The van der Waals surface area contributed by atoms with Crippen LogP contribution in [-0.2, 0) is 0 Å². The first-order valence-corrected chi connectivity index (χ1v) is 8.43. The topological polar surface area (TPSA) is 29.1 Å². The van der Waals surface area contributed by atoms with E-state index in [4.69, 9.17) is 46.4 Å². The van der Waals surface area contributed by atoms with Gasteiger partial charge in [-0.2, -0.15) is 0 Å². The van der Waals surface area contributed by atoms with Crippen molar-refractivity contribution in [3.05, 3.63) is 61.4 Å². The molecule has 0 aliphatic carbocycles. The van der Waals surface area contributed by atoms with Gasteiger partial charge in [0.2, 0.25) is 0 Å². The molecule has 0 bridgehead atoms. The van der Waals surface area contributed by atoms with E-state index in [-0.39, 0.29) is 5.91 Å². The largest absolute Gasteiger partial charge is 0.319 e. The maximum Gasteiger partial charge on any atom is 0.267 e. The van der Waals surface area contributed by atoms with Crippen molar-refractivity contribution in [1.82, 2.24) is 0 Å². The van der Waals surface area contributed by atoms with Crippen molar-refractivity contribution in [3.63, 3.8) is 0 Å². The summed E-state index contributed by atoms with van der Waals surface area (Å²) >= 11 is 25.6. The molecule has 0 aliphatic rings. The number of carbonyl (C=O) groups is 1. The minimum Gasteiger partial charge on any atom is -0.319 e. The molecule has 1 amide bonds. The van der Waals surface area contributed by atoms with Gasteiger partial charge < -0.3 is 5.32 Å². The minimum absolute atomic E-state index is 0.362. The summed E-state index contributed by atoms with van der Waals surface area (Å²) in [6.07, 6.45) is 0. The van der Waals surface area contributed by atoms with Crippen LogP contribution in [0.4, 0.5) is 5.69 Å². The molecule has 1 heterocycles. The van der Waals surface area contributed by atoms with Gasteiger partial charge in [0.05, 0.1) is 20.8 Å². The molecule has 0 radical (unpaired) electrons. The molecule has 3 aromatic rings. The monoisotopic (exact) mass is 389 g/mol. The van der Waals surface area contributed by atoms with E-state index in [1.54, 1.807) is 36.4 Å². The molecule has 1 aromatic heterocycles. The lowest BCUT2D eigenvalue weighted by Gasteiger charge is -2.08. The number of rotatable bonds is 2. The highest BCUT2D eigenvalue weighted by Gasteiger charge is 2.19. The van der Waals surface area contributed by atoms with Gasteiger partial charge in [-0.05, 0) is 24.3 Å². The molecule has 0 atom stereocenters. The highest BCUT2D eigenvalue weighted by Crippen LogP contribution is 2.38. The normalized spacial score (nSPS) is 10.9. The van der Waals surface area contributed by atoms with Crippen LogP contribution in [0, 0.1) is 0 Å². The zero-order valence-electron chi connectivity index (χ0n) is 10.8. The first kappa shape index (κ1) is 15.9. The van der Waals surface area contributed by atoms with Crippen LogP contribution in [-0.4, -0.2) is 5.91 Å². The van der Waals surface area contributed by atoms with E-state index < -0.39 is 0 Å². The fourth-order valence-electron chi connectivity index (χ4n) is 1.97. The van der Waals surface area contributed by atoms with Crippen LogP contribution in [0.1, 0.15) is 9.67 Å². The maximum absolute atomic E-state index is 12.5. The van der Waals surface area contributed by atoms with Crippen molar-refractivity contribution in [2.75, 3.05) is 5.32 Å². The zero-order chi connectivity index (χ0) is 15.9. The van der Waals surface area contributed by atoms with Crippen molar-refractivity contribution in [1.29, 1.82) is 0 Å². The molecule has 0 spiro atoms. The molecule has 0 saturated carbocycles. The molecule has 2 aromatic carbocycles. The SMILES string of the molecule is O=C(Nc1c(Cl)cccc1Cl)c1sc2cc(Cl)ccc2c1Cl. The van der Waals surface area contributed by atoms with Crippen LogP contribution in [0.2, 0.25) is 20.1 Å². The van der Waals surface area contributed by atoms with Crippen molar-refractivity contribution in [2.24, 2.45) is 0 Å². The van der Waals surface area contributed by atoms with Crippen molar-refractivity contribution in [2.45, 2.75) is 0 Å². The van der Waals surface area contributed by atoms with Crippen molar-refractivity contribution < 1.29 is 4.79 Å². The summed E-state index contributed by atoms with van der Waals surface area (Å²) in [5.41, 5.74) is 0.363.